The molecule has 1 saturated heterocycles. The fourth-order valence-corrected chi connectivity index (χ4v) is 2.77. The summed E-state index contributed by atoms with van der Waals surface area (Å²) in [5, 5.41) is 5.96. The molecule has 2 aliphatic rings. The number of carbonyl (C=O) groups excluding carboxylic acids is 2. The summed E-state index contributed by atoms with van der Waals surface area (Å²) in [5.41, 5.74) is 3.04. The van der Waals surface area contributed by atoms with Gasteiger partial charge in [-0.1, -0.05) is 6.07 Å². The van der Waals surface area contributed by atoms with Crippen molar-refractivity contribution in [2.75, 3.05) is 19.6 Å². The highest BCUT2D eigenvalue weighted by molar-refractivity contribution is 5.96. The molecule has 2 heterocycles. The lowest BCUT2D eigenvalue weighted by molar-refractivity contribution is -0.129. The number of likely N-dealkylation sites (tertiary alicyclic amines) is 1. The zero-order chi connectivity index (χ0) is 13.9. The molecule has 2 N–H and O–H groups in total. The standard InChI is InChI=1S/C15H19N3O2/c19-14(18-5-1-2-6-18)10-17-15(20)11-3-4-12-8-16-9-13(12)7-11/h3-4,7,16H,1-2,5-6,8-10H2,(H,17,20). The van der Waals surface area contributed by atoms with Gasteiger partial charge in [0.05, 0.1) is 6.54 Å². The van der Waals surface area contributed by atoms with Gasteiger partial charge in [-0.3, -0.25) is 9.59 Å². The van der Waals surface area contributed by atoms with E-state index in [0.717, 1.165) is 39.0 Å². The molecule has 1 aromatic rings. The number of hydrogen-bond acceptors (Lipinski definition) is 3. The minimum Gasteiger partial charge on any atom is -0.343 e. The minimum absolute atomic E-state index is 0.0127. The number of nitrogens with one attached hydrogen (secondary N) is 2. The van der Waals surface area contributed by atoms with Crippen molar-refractivity contribution < 1.29 is 9.59 Å². The summed E-state index contributed by atoms with van der Waals surface area (Å²) in [6.45, 7) is 3.40. The van der Waals surface area contributed by atoms with E-state index >= 15 is 0 Å². The Hall–Kier alpha value is -1.88. The normalized spacial score (nSPS) is 17.1. The Bertz CT molecular complexity index is 536. The molecule has 1 fully saturated rings. The first kappa shape index (κ1) is 13.1. The Morgan fingerprint density at radius 2 is 1.90 bits per heavy atom. The van der Waals surface area contributed by atoms with Gasteiger partial charge in [0.15, 0.2) is 0 Å². The van der Waals surface area contributed by atoms with E-state index < -0.39 is 0 Å². The zero-order valence-corrected chi connectivity index (χ0v) is 11.4. The van der Waals surface area contributed by atoms with Gasteiger partial charge in [-0.05, 0) is 36.1 Å². The molecule has 0 atom stereocenters. The number of nitrogens with zero attached hydrogens (tertiary/aromatic N) is 1. The lowest BCUT2D eigenvalue weighted by atomic mass is 10.1. The molecule has 106 valence electrons. The summed E-state index contributed by atoms with van der Waals surface area (Å²) >= 11 is 0. The van der Waals surface area contributed by atoms with E-state index in [4.69, 9.17) is 0 Å². The molecule has 0 aromatic heterocycles. The Labute approximate surface area is 118 Å². The van der Waals surface area contributed by atoms with Crippen LogP contribution in [-0.4, -0.2) is 36.3 Å². The Balaban J connectivity index is 1.57. The van der Waals surface area contributed by atoms with Crippen LogP contribution < -0.4 is 10.6 Å². The molecule has 20 heavy (non-hydrogen) atoms. The molecule has 0 spiro atoms. The van der Waals surface area contributed by atoms with Crippen LogP contribution in [0.25, 0.3) is 0 Å². The van der Waals surface area contributed by atoms with Crippen molar-refractivity contribution >= 4 is 11.8 Å². The SMILES string of the molecule is O=C(NCC(=O)N1CCCC1)c1ccc2c(c1)CNC2. The molecule has 0 aliphatic carbocycles. The molecule has 3 rings (SSSR count). The minimum atomic E-state index is -0.174. The number of benzene rings is 1. The van der Waals surface area contributed by atoms with Crippen LogP contribution in [0, 0.1) is 0 Å². The first-order chi connectivity index (χ1) is 9.74. The van der Waals surface area contributed by atoms with Crippen LogP contribution in [0.1, 0.15) is 34.3 Å². The van der Waals surface area contributed by atoms with Gasteiger partial charge in [-0.25, -0.2) is 0 Å². The quantitative estimate of drug-likeness (QED) is 0.849. The van der Waals surface area contributed by atoms with Crippen LogP contribution in [-0.2, 0) is 17.9 Å². The second-order valence-corrected chi connectivity index (χ2v) is 5.36. The van der Waals surface area contributed by atoms with Gasteiger partial charge in [-0.15, -0.1) is 0 Å². The fourth-order valence-electron chi connectivity index (χ4n) is 2.77. The molecule has 0 saturated carbocycles. The smallest absolute Gasteiger partial charge is 0.251 e. The van der Waals surface area contributed by atoms with E-state index in [9.17, 15) is 9.59 Å². The third-order valence-corrected chi connectivity index (χ3v) is 3.96. The molecule has 0 bridgehead atoms. The number of carbonyl (C=O) groups is 2. The highest BCUT2D eigenvalue weighted by Gasteiger charge is 2.19. The van der Waals surface area contributed by atoms with E-state index in [1.54, 1.807) is 0 Å². The third kappa shape index (κ3) is 2.67. The van der Waals surface area contributed by atoms with Crippen molar-refractivity contribution in [3.63, 3.8) is 0 Å². The van der Waals surface area contributed by atoms with Crippen molar-refractivity contribution in [2.24, 2.45) is 0 Å². The monoisotopic (exact) mass is 273 g/mol. The summed E-state index contributed by atoms with van der Waals surface area (Å²) in [7, 11) is 0. The van der Waals surface area contributed by atoms with Crippen molar-refractivity contribution in [2.45, 2.75) is 25.9 Å². The van der Waals surface area contributed by atoms with Crippen LogP contribution in [0.4, 0.5) is 0 Å². The molecule has 0 radical (unpaired) electrons. The van der Waals surface area contributed by atoms with Gasteiger partial charge < -0.3 is 15.5 Å². The predicted molar refractivity (Wildman–Crippen MR) is 75.1 cm³/mol. The highest BCUT2D eigenvalue weighted by atomic mass is 16.2. The van der Waals surface area contributed by atoms with E-state index in [1.807, 2.05) is 23.1 Å². The van der Waals surface area contributed by atoms with Crippen molar-refractivity contribution in [1.29, 1.82) is 0 Å². The maximum Gasteiger partial charge on any atom is 0.251 e. The van der Waals surface area contributed by atoms with Gasteiger partial charge in [0.2, 0.25) is 5.91 Å². The second kappa shape index (κ2) is 5.63. The van der Waals surface area contributed by atoms with Crippen molar-refractivity contribution in [3.8, 4) is 0 Å². The molecule has 5 heteroatoms. The lowest BCUT2D eigenvalue weighted by Crippen LogP contribution is -2.38. The number of fused-ring (bicyclic) bond motifs is 1. The second-order valence-electron chi connectivity index (χ2n) is 5.36. The molecule has 5 nitrogen and oxygen atoms in total. The maximum absolute atomic E-state index is 12.1. The van der Waals surface area contributed by atoms with Gasteiger partial charge in [0.25, 0.3) is 5.91 Å². The molecule has 2 aliphatic heterocycles. The number of hydrogen-bond donors (Lipinski definition) is 2. The molecule has 1 aromatic carbocycles. The zero-order valence-electron chi connectivity index (χ0n) is 11.4. The summed E-state index contributed by atoms with van der Waals surface area (Å²) in [6, 6.07) is 5.71. The van der Waals surface area contributed by atoms with Gasteiger partial charge in [-0.2, -0.15) is 0 Å². The van der Waals surface area contributed by atoms with Gasteiger partial charge >= 0.3 is 0 Å². The first-order valence-corrected chi connectivity index (χ1v) is 7.12. The van der Waals surface area contributed by atoms with Crippen LogP contribution in [0.15, 0.2) is 18.2 Å². The van der Waals surface area contributed by atoms with Gasteiger partial charge in [0.1, 0.15) is 0 Å². The summed E-state index contributed by atoms with van der Waals surface area (Å²) in [5.74, 6) is -0.161. The largest absolute Gasteiger partial charge is 0.343 e. The van der Waals surface area contributed by atoms with Crippen molar-refractivity contribution in [3.05, 3.63) is 34.9 Å². The van der Waals surface area contributed by atoms with Gasteiger partial charge in [0, 0.05) is 31.7 Å². The average Bonchev–Trinajstić information content (AvgIpc) is 3.13. The first-order valence-electron chi connectivity index (χ1n) is 7.12. The predicted octanol–water partition coefficient (Wildman–Crippen LogP) is 0.642. The Morgan fingerprint density at radius 3 is 2.70 bits per heavy atom. The van der Waals surface area contributed by atoms with E-state index in [2.05, 4.69) is 10.6 Å². The Kier molecular flexibility index (Phi) is 3.69. The third-order valence-electron chi connectivity index (χ3n) is 3.96. The average molecular weight is 273 g/mol. The summed E-state index contributed by atoms with van der Waals surface area (Å²) < 4.78 is 0. The summed E-state index contributed by atoms with van der Waals surface area (Å²) in [6.07, 6.45) is 2.13. The molecular formula is C15H19N3O2. The molecule has 0 unspecified atom stereocenters. The fraction of sp³-hybridized carbons (Fsp3) is 0.467. The summed E-state index contributed by atoms with van der Waals surface area (Å²) in [4.78, 5) is 25.7. The van der Waals surface area contributed by atoms with Crippen LogP contribution in [0.2, 0.25) is 0 Å². The lowest BCUT2D eigenvalue weighted by Gasteiger charge is -2.15. The van der Waals surface area contributed by atoms with Crippen LogP contribution in [0.3, 0.4) is 0 Å². The van der Waals surface area contributed by atoms with Crippen LogP contribution >= 0.6 is 0 Å². The highest BCUT2D eigenvalue weighted by Crippen LogP contribution is 2.17. The molecular weight excluding hydrogens is 254 g/mol. The molecule has 2 amide bonds. The topological polar surface area (TPSA) is 61.4 Å². The van der Waals surface area contributed by atoms with E-state index in [0.29, 0.717) is 5.56 Å². The van der Waals surface area contributed by atoms with Crippen LogP contribution in [0.5, 0.6) is 0 Å². The number of rotatable bonds is 3. The van der Waals surface area contributed by atoms with Crippen molar-refractivity contribution in [1.82, 2.24) is 15.5 Å². The maximum atomic E-state index is 12.1. The Morgan fingerprint density at radius 1 is 1.15 bits per heavy atom. The van der Waals surface area contributed by atoms with E-state index in [-0.39, 0.29) is 18.4 Å². The van der Waals surface area contributed by atoms with E-state index in [1.165, 1.54) is 11.1 Å². The number of amides is 2.